The van der Waals surface area contributed by atoms with Crippen LogP contribution in [0, 0.1) is 3.57 Å². The zero-order chi connectivity index (χ0) is 24.2. The molecule has 2 amide bonds. The third-order valence-corrected chi connectivity index (χ3v) is 4.92. The van der Waals surface area contributed by atoms with Gasteiger partial charge in [0, 0.05) is 18.5 Å². The van der Waals surface area contributed by atoms with Gasteiger partial charge in [0.1, 0.15) is 5.75 Å². The molecular weight excluding hydrogens is 537 g/mol. The van der Waals surface area contributed by atoms with E-state index in [1.54, 1.807) is 24.3 Å². The normalized spacial score (nSPS) is 10.8. The van der Waals surface area contributed by atoms with Gasteiger partial charge in [0.2, 0.25) is 11.8 Å². The molecule has 8 nitrogen and oxygen atoms in total. The van der Waals surface area contributed by atoms with Gasteiger partial charge in [-0.1, -0.05) is 0 Å². The maximum atomic E-state index is 12.1. The molecule has 2 aromatic rings. The van der Waals surface area contributed by atoms with E-state index < -0.39 is 0 Å². The van der Waals surface area contributed by atoms with E-state index in [1.165, 1.54) is 6.21 Å². The SMILES string of the molecule is CCOc1ccc(NC(=O)CCC(=O)NN=Cc2cc(I)c(OC(C)C)c(OCC)c2)cc1. The van der Waals surface area contributed by atoms with Crippen molar-refractivity contribution in [3.8, 4) is 17.2 Å². The molecule has 0 heterocycles. The number of hydrazone groups is 1. The van der Waals surface area contributed by atoms with Crippen molar-refractivity contribution in [2.45, 2.75) is 46.6 Å². The number of nitrogens with zero attached hydrogens (tertiary/aromatic N) is 1. The van der Waals surface area contributed by atoms with Crippen LogP contribution in [-0.4, -0.2) is 37.3 Å². The molecule has 0 aliphatic rings. The van der Waals surface area contributed by atoms with Crippen molar-refractivity contribution in [2.75, 3.05) is 18.5 Å². The summed E-state index contributed by atoms with van der Waals surface area (Å²) >= 11 is 2.18. The second kappa shape index (κ2) is 13.7. The van der Waals surface area contributed by atoms with Crippen LogP contribution in [0.3, 0.4) is 0 Å². The van der Waals surface area contributed by atoms with Crippen LogP contribution in [0.25, 0.3) is 0 Å². The fourth-order valence-corrected chi connectivity index (χ4v) is 3.51. The largest absolute Gasteiger partial charge is 0.494 e. The molecule has 0 spiro atoms. The molecule has 2 N–H and O–H groups in total. The minimum atomic E-state index is -0.354. The minimum absolute atomic E-state index is 0.0168. The Morgan fingerprint density at radius 3 is 2.33 bits per heavy atom. The maximum absolute atomic E-state index is 12.1. The number of carbonyl (C=O) groups excluding carboxylic acids is 2. The molecule has 0 aliphatic carbocycles. The lowest BCUT2D eigenvalue weighted by atomic mass is 10.2. The van der Waals surface area contributed by atoms with Gasteiger partial charge in [0.15, 0.2) is 11.5 Å². The number of anilines is 1. The first-order chi connectivity index (χ1) is 15.8. The number of rotatable bonds is 12. The Hall–Kier alpha value is -2.82. The number of hydrogen-bond donors (Lipinski definition) is 2. The lowest BCUT2D eigenvalue weighted by Gasteiger charge is -2.16. The number of hydrogen-bond acceptors (Lipinski definition) is 6. The molecule has 0 bridgehead atoms. The predicted octanol–water partition coefficient (Wildman–Crippen LogP) is 4.74. The summed E-state index contributed by atoms with van der Waals surface area (Å²) in [4.78, 5) is 24.1. The Morgan fingerprint density at radius 1 is 1.03 bits per heavy atom. The van der Waals surface area contributed by atoms with E-state index in [0.717, 1.165) is 14.9 Å². The van der Waals surface area contributed by atoms with E-state index >= 15 is 0 Å². The first-order valence-electron chi connectivity index (χ1n) is 10.8. The average molecular weight is 567 g/mol. The summed E-state index contributed by atoms with van der Waals surface area (Å²) in [6.45, 7) is 8.79. The molecule has 0 unspecified atom stereocenters. The Morgan fingerprint density at radius 2 is 1.70 bits per heavy atom. The van der Waals surface area contributed by atoms with Crippen LogP contribution in [0.1, 0.15) is 46.1 Å². The fraction of sp³-hybridized carbons (Fsp3) is 0.375. The molecule has 2 aromatic carbocycles. The van der Waals surface area contributed by atoms with Crippen molar-refractivity contribution in [1.82, 2.24) is 5.43 Å². The van der Waals surface area contributed by atoms with Crippen LogP contribution in [0.4, 0.5) is 5.69 Å². The zero-order valence-electron chi connectivity index (χ0n) is 19.3. The summed E-state index contributed by atoms with van der Waals surface area (Å²) < 4.78 is 17.8. The van der Waals surface area contributed by atoms with Crippen LogP contribution in [-0.2, 0) is 9.59 Å². The molecule has 0 fully saturated rings. The molecule has 0 saturated heterocycles. The van der Waals surface area contributed by atoms with E-state index in [1.807, 2.05) is 39.8 Å². The topological polar surface area (TPSA) is 98.2 Å². The van der Waals surface area contributed by atoms with E-state index in [9.17, 15) is 9.59 Å². The van der Waals surface area contributed by atoms with Crippen molar-refractivity contribution >= 4 is 46.3 Å². The van der Waals surface area contributed by atoms with Gasteiger partial charge in [-0.2, -0.15) is 5.10 Å². The van der Waals surface area contributed by atoms with Crippen molar-refractivity contribution in [2.24, 2.45) is 5.10 Å². The summed E-state index contributed by atoms with van der Waals surface area (Å²) in [5, 5.41) is 6.75. The van der Waals surface area contributed by atoms with Gasteiger partial charge in [0.05, 0.1) is 29.1 Å². The summed E-state index contributed by atoms with van der Waals surface area (Å²) in [6.07, 6.45) is 1.61. The van der Waals surface area contributed by atoms with Crippen molar-refractivity contribution in [1.29, 1.82) is 0 Å². The van der Waals surface area contributed by atoms with Crippen LogP contribution in [0.2, 0.25) is 0 Å². The van der Waals surface area contributed by atoms with E-state index in [0.29, 0.717) is 30.4 Å². The molecule has 0 saturated carbocycles. The highest BCUT2D eigenvalue weighted by atomic mass is 127. The summed E-state index contributed by atoms with van der Waals surface area (Å²) in [7, 11) is 0. The first kappa shape index (κ1) is 26.4. The van der Waals surface area contributed by atoms with Gasteiger partial charge in [0.25, 0.3) is 0 Å². The number of amides is 2. The van der Waals surface area contributed by atoms with Gasteiger partial charge in [-0.25, -0.2) is 5.43 Å². The highest BCUT2D eigenvalue weighted by molar-refractivity contribution is 14.1. The summed E-state index contributed by atoms with van der Waals surface area (Å²) in [5.74, 6) is 1.43. The van der Waals surface area contributed by atoms with Crippen LogP contribution in [0.5, 0.6) is 17.2 Å². The molecule has 0 aromatic heterocycles. The van der Waals surface area contributed by atoms with Gasteiger partial charge < -0.3 is 19.5 Å². The van der Waals surface area contributed by atoms with E-state index in [-0.39, 0.29) is 30.8 Å². The average Bonchev–Trinajstić information content (AvgIpc) is 2.76. The minimum Gasteiger partial charge on any atom is -0.494 e. The van der Waals surface area contributed by atoms with Gasteiger partial charge >= 0.3 is 0 Å². The predicted molar refractivity (Wildman–Crippen MR) is 137 cm³/mol. The van der Waals surface area contributed by atoms with Gasteiger partial charge in [-0.15, -0.1) is 0 Å². The Labute approximate surface area is 208 Å². The molecule has 33 heavy (non-hydrogen) atoms. The molecule has 0 atom stereocenters. The van der Waals surface area contributed by atoms with Crippen molar-refractivity contribution in [3.63, 3.8) is 0 Å². The number of carbonyl (C=O) groups is 2. The first-order valence-corrected chi connectivity index (χ1v) is 11.9. The number of halogens is 1. The molecule has 2 rings (SSSR count). The van der Waals surface area contributed by atoms with Gasteiger partial charge in [-0.05, 0) is 92.2 Å². The van der Waals surface area contributed by atoms with E-state index in [2.05, 4.69) is 38.4 Å². The van der Waals surface area contributed by atoms with Gasteiger partial charge in [-0.3, -0.25) is 9.59 Å². The quantitative estimate of drug-likeness (QED) is 0.219. The standard InChI is InChI=1S/C24H30IN3O5/c1-5-31-19-9-7-18(8-10-19)27-22(29)11-12-23(30)28-26-15-17-13-20(25)24(33-16(3)4)21(14-17)32-6-2/h7-10,13-16H,5-6,11-12H2,1-4H3,(H,27,29)(H,28,30). The highest BCUT2D eigenvalue weighted by Gasteiger charge is 2.13. The number of nitrogens with one attached hydrogen (secondary N) is 2. The number of benzene rings is 2. The zero-order valence-corrected chi connectivity index (χ0v) is 21.5. The Kier molecular flexibility index (Phi) is 10.9. The molecule has 9 heteroatoms. The van der Waals surface area contributed by atoms with Crippen LogP contribution in [0.15, 0.2) is 41.5 Å². The highest BCUT2D eigenvalue weighted by Crippen LogP contribution is 2.34. The molecule has 178 valence electrons. The van der Waals surface area contributed by atoms with E-state index in [4.69, 9.17) is 14.2 Å². The lowest BCUT2D eigenvalue weighted by molar-refractivity contribution is -0.124. The Bertz CT molecular complexity index is 961. The van der Waals surface area contributed by atoms with Crippen LogP contribution >= 0.6 is 22.6 Å². The Balaban J connectivity index is 1.85. The summed E-state index contributed by atoms with van der Waals surface area (Å²) in [6, 6.07) is 10.8. The lowest BCUT2D eigenvalue weighted by Crippen LogP contribution is -2.20. The molecular formula is C24H30IN3O5. The summed E-state index contributed by atoms with van der Waals surface area (Å²) in [5.41, 5.74) is 3.85. The molecule has 0 radical (unpaired) electrons. The van der Waals surface area contributed by atoms with Crippen LogP contribution < -0.4 is 25.0 Å². The number of ether oxygens (including phenoxy) is 3. The monoisotopic (exact) mass is 567 g/mol. The third-order valence-electron chi connectivity index (χ3n) is 4.12. The maximum Gasteiger partial charge on any atom is 0.240 e. The third kappa shape index (κ3) is 9.29. The molecule has 0 aliphatic heterocycles. The van der Waals surface area contributed by atoms with Crippen molar-refractivity contribution < 1.29 is 23.8 Å². The second-order valence-electron chi connectivity index (χ2n) is 7.23. The smallest absolute Gasteiger partial charge is 0.240 e. The van der Waals surface area contributed by atoms with Crippen molar-refractivity contribution in [3.05, 3.63) is 45.5 Å². The second-order valence-corrected chi connectivity index (χ2v) is 8.39. The fourth-order valence-electron chi connectivity index (χ4n) is 2.76.